The fraction of sp³-hybridized carbons (Fsp3) is 0.182. The Morgan fingerprint density at radius 1 is 1.11 bits per heavy atom. The number of hydrogen-bond acceptors (Lipinski definition) is 3. The fourth-order valence-electron chi connectivity index (χ4n) is 3.05. The molecule has 2 aromatic carbocycles. The van der Waals surface area contributed by atoms with Gasteiger partial charge in [-0.2, -0.15) is 0 Å². The molecule has 0 aliphatic heterocycles. The maximum absolute atomic E-state index is 13.0. The van der Waals surface area contributed by atoms with Crippen molar-refractivity contribution in [2.45, 2.75) is 19.9 Å². The molecule has 0 saturated carbocycles. The molecule has 28 heavy (non-hydrogen) atoms. The molecule has 6 heteroatoms. The molecule has 0 bridgehead atoms. The average molecular weight is 397 g/mol. The van der Waals surface area contributed by atoms with Crippen LogP contribution in [0.15, 0.2) is 59.4 Å². The summed E-state index contributed by atoms with van der Waals surface area (Å²) in [7, 11) is 1.67. The third-order valence-corrected chi connectivity index (χ3v) is 5.15. The standard InChI is InChI=1S/C22H21ClN2O3/c1-13-19(16-6-10-18(26)11-7-16)12-20(21(27)24-13)22(28)25(3)14(2)15-4-8-17(23)9-5-15/h4-12,14,26H,1-3H3,(H,24,27)/t14-/m0/s1. The highest BCUT2D eigenvalue weighted by Gasteiger charge is 2.22. The Balaban J connectivity index is 1.96. The number of carbonyl (C=O) groups is 1. The number of phenolic OH excluding ortho intramolecular Hbond substituents is 1. The molecule has 0 fully saturated rings. The van der Waals surface area contributed by atoms with E-state index < -0.39 is 5.56 Å². The second-order valence-electron chi connectivity index (χ2n) is 6.74. The zero-order valence-corrected chi connectivity index (χ0v) is 16.6. The van der Waals surface area contributed by atoms with Crippen LogP contribution in [0.5, 0.6) is 5.75 Å². The molecule has 2 N–H and O–H groups in total. The minimum absolute atomic E-state index is 0.0667. The summed E-state index contributed by atoms with van der Waals surface area (Å²) >= 11 is 5.93. The van der Waals surface area contributed by atoms with E-state index in [-0.39, 0.29) is 23.3 Å². The summed E-state index contributed by atoms with van der Waals surface area (Å²) in [6.07, 6.45) is 0. The van der Waals surface area contributed by atoms with E-state index in [9.17, 15) is 14.7 Å². The largest absolute Gasteiger partial charge is 0.508 e. The Morgan fingerprint density at radius 2 is 1.71 bits per heavy atom. The second kappa shape index (κ2) is 7.90. The maximum Gasteiger partial charge on any atom is 0.261 e. The van der Waals surface area contributed by atoms with Crippen molar-refractivity contribution >= 4 is 17.5 Å². The predicted octanol–water partition coefficient (Wildman–Crippen LogP) is 4.54. The molecule has 0 spiro atoms. The lowest BCUT2D eigenvalue weighted by Gasteiger charge is -2.25. The fourth-order valence-corrected chi connectivity index (χ4v) is 3.18. The number of amides is 1. The lowest BCUT2D eigenvalue weighted by Crippen LogP contribution is -2.34. The number of halogens is 1. The van der Waals surface area contributed by atoms with E-state index in [0.29, 0.717) is 10.7 Å². The summed E-state index contributed by atoms with van der Waals surface area (Å²) in [5.74, 6) is -0.220. The maximum atomic E-state index is 13.0. The van der Waals surface area contributed by atoms with Crippen molar-refractivity contribution < 1.29 is 9.90 Å². The van der Waals surface area contributed by atoms with Crippen LogP contribution >= 0.6 is 11.6 Å². The average Bonchev–Trinajstić information content (AvgIpc) is 2.68. The predicted molar refractivity (Wildman–Crippen MR) is 111 cm³/mol. The smallest absolute Gasteiger partial charge is 0.261 e. The molecule has 0 aliphatic carbocycles. The Kier molecular flexibility index (Phi) is 5.56. The molecule has 0 saturated heterocycles. The van der Waals surface area contributed by atoms with Crippen LogP contribution in [0, 0.1) is 6.92 Å². The first-order valence-corrected chi connectivity index (χ1v) is 9.21. The van der Waals surface area contributed by atoms with Crippen LogP contribution in [0.3, 0.4) is 0 Å². The van der Waals surface area contributed by atoms with E-state index in [0.717, 1.165) is 16.7 Å². The molecular weight excluding hydrogens is 376 g/mol. The number of phenols is 1. The molecule has 0 radical (unpaired) electrons. The van der Waals surface area contributed by atoms with Gasteiger partial charge in [0.05, 0.1) is 6.04 Å². The Morgan fingerprint density at radius 3 is 2.32 bits per heavy atom. The minimum Gasteiger partial charge on any atom is -0.508 e. The third-order valence-electron chi connectivity index (χ3n) is 4.90. The highest BCUT2D eigenvalue weighted by molar-refractivity contribution is 6.30. The van der Waals surface area contributed by atoms with Gasteiger partial charge in [0.2, 0.25) is 0 Å². The van der Waals surface area contributed by atoms with E-state index in [4.69, 9.17) is 11.6 Å². The monoisotopic (exact) mass is 396 g/mol. The number of aromatic hydroxyl groups is 1. The van der Waals surface area contributed by atoms with Crippen LogP contribution in [-0.2, 0) is 0 Å². The molecule has 5 nitrogen and oxygen atoms in total. The van der Waals surface area contributed by atoms with Gasteiger partial charge in [-0.3, -0.25) is 9.59 Å². The molecule has 3 rings (SSSR count). The topological polar surface area (TPSA) is 73.4 Å². The van der Waals surface area contributed by atoms with Crippen molar-refractivity contribution in [2.24, 2.45) is 0 Å². The van der Waals surface area contributed by atoms with E-state index in [2.05, 4.69) is 4.98 Å². The van der Waals surface area contributed by atoms with Crippen molar-refractivity contribution in [3.63, 3.8) is 0 Å². The molecule has 1 amide bonds. The number of hydrogen-bond donors (Lipinski definition) is 2. The number of aromatic nitrogens is 1. The van der Waals surface area contributed by atoms with E-state index in [1.807, 2.05) is 19.1 Å². The minimum atomic E-state index is -0.430. The lowest BCUT2D eigenvalue weighted by molar-refractivity contribution is 0.0741. The number of rotatable bonds is 4. The van der Waals surface area contributed by atoms with Gasteiger partial charge in [0, 0.05) is 23.3 Å². The first-order valence-electron chi connectivity index (χ1n) is 8.84. The zero-order valence-electron chi connectivity index (χ0n) is 15.9. The molecule has 0 unspecified atom stereocenters. The van der Waals surface area contributed by atoms with Gasteiger partial charge in [0.15, 0.2) is 0 Å². The van der Waals surface area contributed by atoms with Gasteiger partial charge in [0.1, 0.15) is 11.3 Å². The van der Waals surface area contributed by atoms with Crippen LogP contribution in [0.4, 0.5) is 0 Å². The first-order chi connectivity index (χ1) is 13.3. The normalized spacial score (nSPS) is 11.9. The van der Waals surface area contributed by atoms with Gasteiger partial charge >= 0.3 is 0 Å². The van der Waals surface area contributed by atoms with E-state index >= 15 is 0 Å². The summed E-state index contributed by atoms with van der Waals surface area (Å²) in [5.41, 5.74) is 2.74. The van der Waals surface area contributed by atoms with Gasteiger partial charge in [-0.25, -0.2) is 0 Å². The van der Waals surface area contributed by atoms with Crippen LogP contribution in [-0.4, -0.2) is 27.9 Å². The number of nitrogens with one attached hydrogen (secondary N) is 1. The van der Waals surface area contributed by atoms with Crippen molar-refractivity contribution in [3.8, 4) is 16.9 Å². The van der Waals surface area contributed by atoms with Gasteiger partial charge in [0.25, 0.3) is 11.5 Å². The van der Waals surface area contributed by atoms with Crippen molar-refractivity contribution in [2.75, 3.05) is 7.05 Å². The molecular formula is C22H21ClN2O3. The molecule has 1 aromatic heterocycles. The van der Waals surface area contributed by atoms with Gasteiger partial charge in [-0.1, -0.05) is 35.9 Å². The Bertz CT molecular complexity index is 1060. The number of nitrogens with zero attached hydrogens (tertiary/aromatic N) is 1. The number of pyridine rings is 1. The molecule has 144 valence electrons. The number of H-pyrrole nitrogens is 1. The quantitative estimate of drug-likeness (QED) is 0.679. The van der Waals surface area contributed by atoms with Crippen molar-refractivity contribution in [3.05, 3.63) is 86.8 Å². The van der Waals surface area contributed by atoms with E-state index in [1.165, 1.54) is 4.90 Å². The SMILES string of the molecule is Cc1[nH]c(=O)c(C(=O)N(C)[C@@H](C)c2ccc(Cl)cc2)cc1-c1ccc(O)cc1. The number of aromatic amines is 1. The summed E-state index contributed by atoms with van der Waals surface area (Å²) < 4.78 is 0. The van der Waals surface area contributed by atoms with Gasteiger partial charge < -0.3 is 15.0 Å². The van der Waals surface area contributed by atoms with Gasteiger partial charge in [-0.15, -0.1) is 0 Å². The highest BCUT2D eigenvalue weighted by atomic mass is 35.5. The summed E-state index contributed by atoms with van der Waals surface area (Å²) in [6, 6.07) is 15.2. The highest BCUT2D eigenvalue weighted by Crippen LogP contribution is 2.26. The number of carbonyl (C=O) groups excluding carboxylic acids is 1. The van der Waals surface area contributed by atoms with Crippen molar-refractivity contribution in [1.29, 1.82) is 0 Å². The first kappa shape index (κ1) is 19.7. The lowest BCUT2D eigenvalue weighted by atomic mass is 10.0. The third kappa shape index (κ3) is 3.94. The summed E-state index contributed by atoms with van der Waals surface area (Å²) in [6.45, 7) is 3.67. The molecule has 1 heterocycles. The van der Waals surface area contributed by atoms with Crippen LogP contribution in [0.1, 0.15) is 34.6 Å². The Labute approximate surface area is 168 Å². The summed E-state index contributed by atoms with van der Waals surface area (Å²) in [5, 5.41) is 10.1. The van der Waals surface area contributed by atoms with Gasteiger partial charge in [-0.05, 0) is 55.3 Å². The van der Waals surface area contributed by atoms with Crippen LogP contribution < -0.4 is 5.56 Å². The zero-order chi connectivity index (χ0) is 20.4. The van der Waals surface area contributed by atoms with E-state index in [1.54, 1.807) is 56.4 Å². The van der Waals surface area contributed by atoms with Crippen molar-refractivity contribution in [1.82, 2.24) is 9.88 Å². The van der Waals surface area contributed by atoms with Crippen LogP contribution in [0.2, 0.25) is 5.02 Å². The molecule has 0 aliphatic rings. The number of aryl methyl sites for hydroxylation is 1. The molecule has 1 atom stereocenters. The number of benzene rings is 2. The Hall–Kier alpha value is -3.05. The second-order valence-corrected chi connectivity index (χ2v) is 7.18. The summed E-state index contributed by atoms with van der Waals surface area (Å²) in [4.78, 5) is 29.8. The molecule has 3 aromatic rings. The van der Waals surface area contributed by atoms with Crippen LogP contribution in [0.25, 0.3) is 11.1 Å².